The van der Waals surface area contributed by atoms with E-state index < -0.39 is 29.0 Å². The number of aromatic amines is 1. The maximum Gasteiger partial charge on any atom is 0.407 e. The van der Waals surface area contributed by atoms with Crippen LogP contribution in [0.4, 0.5) is 10.6 Å². The lowest BCUT2D eigenvalue weighted by atomic mass is 10.2. The van der Waals surface area contributed by atoms with Crippen molar-refractivity contribution >= 4 is 11.9 Å². The highest BCUT2D eigenvalue weighted by Gasteiger charge is 2.26. The van der Waals surface area contributed by atoms with Gasteiger partial charge in [0.15, 0.2) is 6.10 Å². The smallest absolute Gasteiger partial charge is 0.407 e. The number of nitro groups is 1. The summed E-state index contributed by atoms with van der Waals surface area (Å²) in [5.41, 5.74) is 0.802. The standard InChI is InChI=1S/C14H16N4O6/c19-10(12(20)13-15-7-11(17-13)18(22)23)6-16-14(21)24-8-9-4-2-1-3-5-9/h1-5,7,10,12,19-20H,6,8H2,(H,15,17)(H,16,21). The van der Waals surface area contributed by atoms with E-state index in [4.69, 9.17) is 4.74 Å². The minimum absolute atomic E-state index is 0.0652. The summed E-state index contributed by atoms with van der Waals surface area (Å²) in [5, 5.41) is 32.5. The van der Waals surface area contributed by atoms with Crippen LogP contribution in [0.5, 0.6) is 0 Å². The van der Waals surface area contributed by atoms with Crippen LogP contribution in [-0.4, -0.2) is 43.8 Å². The fourth-order valence-electron chi connectivity index (χ4n) is 1.83. The van der Waals surface area contributed by atoms with Crippen LogP contribution in [0.2, 0.25) is 0 Å². The van der Waals surface area contributed by atoms with Gasteiger partial charge in [-0.25, -0.2) is 14.8 Å². The molecule has 10 heteroatoms. The minimum atomic E-state index is -1.52. The predicted molar refractivity (Wildman–Crippen MR) is 80.8 cm³/mol. The first-order valence-corrected chi connectivity index (χ1v) is 6.97. The van der Waals surface area contributed by atoms with Crippen molar-refractivity contribution in [3.05, 3.63) is 58.0 Å². The summed E-state index contributed by atoms with van der Waals surface area (Å²) in [6.07, 6.45) is -2.78. The monoisotopic (exact) mass is 336 g/mol. The molecule has 0 bridgehead atoms. The Morgan fingerprint density at radius 3 is 2.71 bits per heavy atom. The van der Waals surface area contributed by atoms with Gasteiger partial charge in [0.1, 0.15) is 18.9 Å². The second-order valence-corrected chi connectivity index (χ2v) is 4.87. The van der Waals surface area contributed by atoms with Crippen LogP contribution in [0.25, 0.3) is 0 Å². The number of ether oxygens (including phenoxy) is 1. The van der Waals surface area contributed by atoms with Gasteiger partial charge < -0.3 is 30.4 Å². The average molecular weight is 336 g/mol. The number of aromatic nitrogens is 2. The molecule has 2 aromatic rings. The summed E-state index contributed by atoms with van der Waals surface area (Å²) in [6, 6.07) is 9.02. The summed E-state index contributed by atoms with van der Waals surface area (Å²) in [4.78, 5) is 27.2. The lowest BCUT2D eigenvalue weighted by Gasteiger charge is -2.15. The largest absolute Gasteiger partial charge is 0.445 e. The first-order chi connectivity index (χ1) is 11.5. The summed E-state index contributed by atoms with van der Waals surface area (Å²) >= 11 is 0. The topological polar surface area (TPSA) is 151 Å². The third kappa shape index (κ3) is 4.76. The molecule has 0 saturated carbocycles. The fraction of sp³-hybridized carbons (Fsp3) is 0.286. The van der Waals surface area contributed by atoms with Gasteiger partial charge in [-0.1, -0.05) is 30.3 Å². The van der Waals surface area contributed by atoms with Gasteiger partial charge in [0.05, 0.1) is 0 Å². The molecule has 0 spiro atoms. The minimum Gasteiger partial charge on any atom is -0.445 e. The van der Waals surface area contributed by atoms with Crippen molar-refractivity contribution in [2.75, 3.05) is 6.54 Å². The second-order valence-electron chi connectivity index (χ2n) is 4.87. The molecule has 2 atom stereocenters. The highest BCUT2D eigenvalue weighted by molar-refractivity contribution is 5.67. The second kappa shape index (κ2) is 8.04. The molecule has 2 unspecified atom stereocenters. The van der Waals surface area contributed by atoms with Gasteiger partial charge in [-0.15, -0.1) is 0 Å². The quantitative estimate of drug-likeness (QED) is 0.428. The lowest BCUT2D eigenvalue weighted by molar-refractivity contribution is -0.389. The van der Waals surface area contributed by atoms with Crippen molar-refractivity contribution in [3.8, 4) is 0 Å². The van der Waals surface area contributed by atoms with Crippen molar-refractivity contribution in [2.24, 2.45) is 0 Å². The number of hydrogen-bond donors (Lipinski definition) is 4. The highest BCUT2D eigenvalue weighted by Crippen LogP contribution is 2.16. The summed E-state index contributed by atoms with van der Waals surface area (Å²) in [5.74, 6) is -0.583. The molecule has 2 rings (SSSR count). The molecule has 0 aliphatic heterocycles. The lowest BCUT2D eigenvalue weighted by Crippen LogP contribution is -2.36. The first kappa shape index (κ1) is 17.4. The number of amides is 1. The van der Waals surface area contributed by atoms with E-state index in [1.54, 1.807) is 24.3 Å². The van der Waals surface area contributed by atoms with Crippen LogP contribution in [0.3, 0.4) is 0 Å². The normalized spacial score (nSPS) is 13.1. The third-order valence-corrected chi connectivity index (χ3v) is 3.09. The fourth-order valence-corrected chi connectivity index (χ4v) is 1.83. The number of imidazole rings is 1. The Balaban J connectivity index is 1.77. The van der Waals surface area contributed by atoms with E-state index in [1.807, 2.05) is 6.07 Å². The van der Waals surface area contributed by atoms with E-state index in [2.05, 4.69) is 15.3 Å². The molecule has 0 saturated heterocycles. The number of aliphatic hydroxyl groups is 2. The number of hydrogen-bond acceptors (Lipinski definition) is 7. The van der Waals surface area contributed by atoms with Crippen LogP contribution in [-0.2, 0) is 11.3 Å². The number of H-pyrrole nitrogens is 1. The molecule has 24 heavy (non-hydrogen) atoms. The van der Waals surface area contributed by atoms with E-state index in [9.17, 15) is 25.1 Å². The third-order valence-electron chi connectivity index (χ3n) is 3.09. The maximum absolute atomic E-state index is 11.5. The number of carbonyl (C=O) groups excluding carboxylic acids is 1. The van der Waals surface area contributed by atoms with Crippen molar-refractivity contribution in [3.63, 3.8) is 0 Å². The van der Waals surface area contributed by atoms with E-state index in [-0.39, 0.29) is 19.0 Å². The van der Waals surface area contributed by atoms with Gasteiger partial charge in [-0.3, -0.25) is 0 Å². The molecule has 0 fully saturated rings. The molecule has 1 amide bonds. The number of aliphatic hydroxyl groups excluding tert-OH is 2. The number of nitrogens with zero attached hydrogens (tertiary/aromatic N) is 2. The van der Waals surface area contributed by atoms with Crippen LogP contribution in [0, 0.1) is 10.1 Å². The highest BCUT2D eigenvalue weighted by atomic mass is 16.6. The van der Waals surface area contributed by atoms with Gasteiger partial charge in [0, 0.05) is 6.54 Å². The number of alkyl carbamates (subject to hydrolysis) is 1. The molecule has 10 nitrogen and oxygen atoms in total. The summed E-state index contributed by atoms with van der Waals surface area (Å²) in [6.45, 7) is -0.251. The Bertz CT molecular complexity index is 690. The number of nitrogens with one attached hydrogen (secondary N) is 2. The SMILES string of the molecule is O=C(NCC(O)C(O)c1ncc([N+](=O)[O-])[nH]1)OCc1ccccc1. The molecule has 4 N–H and O–H groups in total. The van der Waals surface area contributed by atoms with E-state index in [1.165, 1.54) is 0 Å². The van der Waals surface area contributed by atoms with Gasteiger partial charge in [0.25, 0.3) is 0 Å². The van der Waals surface area contributed by atoms with Crippen LogP contribution in [0.1, 0.15) is 17.5 Å². The van der Waals surface area contributed by atoms with Crippen molar-refractivity contribution in [1.82, 2.24) is 15.3 Å². The average Bonchev–Trinajstić information content (AvgIpc) is 3.08. The van der Waals surface area contributed by atoms with E-state index >= 15 is 0 Å². The van der Waals surface area contributed by atoms with Crippen molar-refractivity contribution < 1.29 is 24.7 Å². The Hall–Kier alpha value is -2.98. The molecule has 1 heterocycles. The zero-order chi connectivity index (χ0) is 17.5. The Labute approximate surface area is 136 Å². The molecule has 0 radical (unpaired) electrons. The van der Waals surface area contributed by atoms with Crippen LogP contribution < -0.4 is 5.32 Å². The maximum atomic E-state index is 11.5. The molecular formula is C14H16N4O6. The molecule has 0 aliphatic rings. The first-order valence-electron chi connectivity index (χ1n) is 6.97. The van der Waals surface area contributed by atoms with Crippen molar-refractivity contribution in [1.29, 1.82) is 0 Å². The number of carbonyl (C=O) groups is 1. The molecule has 128 valence electrons. The Morgan fingerprint density at radius 2 is 2.08 bits per heavy atom. The zero-order valence-electron chi connectivity index (χ0n) is 12.5. The molecule has 1 aromatic carbocycles. The van der Waals surface area contributed by atoms with Crippen LogP contribution >= 0.6 is 0 Å². The van der Waals surface area contributed by atoms with Gasteiger partial charge in [0.2, 0.25) is 5.82 Å². The Kier molecular flexibility index (Phi) is 5.82. The summed E-state index contributed by atoms with van der Waals surface area (Å²) in [7, 11) is 0. The number of benzene rings is 1. The van der Waals surface area contributed by atoms with Gasteiger partial charge >= 0.3 is 11.9 Å². The van der Waals surface area contributed by atoms with Gasteiger partial charge in [-0.05, 0) is 10.5 Å². The van der Waals surface area contributed by atoms with Gasteiger partial charge in [-0.2, -0.15) is 0 Å². The predicted octanol–water partition coefficient (Wildman–Crippen LogP) is 0.639. The molecule has 1 aromatic heterocycles. The Morgan fingerprint density at radius 1 is 1.38 bits per heavy atom. The van der Waals surface area contributed by atoms with E-state index in [0.29, 0.717) is 0 Å². The van der Waals surface area contributed by atoms with E-state index in [0.717, 1.165) is 11.8 Å². The number of rotatable bonds is 7. The molecular weight excluding hydrogens is 320 g/mol. The van der Waals surface area contributed by atoms with Crippen molar-refractivity contribution in [2.45, 2.75) is 18.8 Å². The molecule has 0 aliphatic carbocycles. The van der Waals surface area contributed by atoms with Crippen LogP contribution in [0.15, 0.2) is 36.5 Å². The summed E-state index contributed by atoms with van der Waals surface area (Å²) < 4.78 is 4.94. The zero-order valence-corrected chi connectivity index (χ0v) is 12.5.